The van der Waals surface area contributed by atoms with Gasteiger partial charge in [0.25, 0.3) is 0 Å². The summed E-state index contributed by atoms with van der Waals surface area (Å²) in [5.41, 5.74) is -1.84. The van der Waals surface area contributed by atoms with Gasteiger partial charge in [-0.05, 0) is 44.7 Å². The largest absolute Gasteiger partial charge is 0.483 e. The fourth-order valence-corrected chi connectivity index (χ4v) is 5.23. The highest BCUT2D eigenvalue weighted by Crippen LogP contribution is 2.52. The Morgan fingerprint density at radius 2 is 2.00 bits per heavy atom. The topological polar surface area (TPSA) is 145 Å². The lowest BCUT2D eigenvalue weighted by Gasteiger charge is -2.55. The van der Waals surface area contributed by atoms with Crippen LogP contribution in [0.15, 0.2) is 41.9 Å². The predicted molar refractivity (Wildman–Crippen MR) is 121 cm³/mol. The molecule has 4 rings (SSSR count). The van der Waals surface area contributed by atoms with E-state index in [1.165, 1.54) is 20.8 Å². The summed E-state index contributed by atoms with van der Waals surface area (Å²) in [6.45, 7) is 5.56. The van der Waals surface area contributed by atoms with Gasteiger partial charge in [-0.25, -0.2) is 0 Å². The number of pyridine rings is 1. The van der Waals surface area contributed by atoms with Crippen molar-refractivity contribution in [2.45, 2.75) is 70.2 Å². The molecule has 0 saturated heterocycles. The van der Waals surface area contributed by atoms with Crippen molar-refractivity contribution in [3.8, 4) is 0 Å². The zero-order valence-electron chi connectivity index (χ0n) is 20.1. The first kappa shape index (κ1) is 25.2. The van der Waals surface area contributed by atoms with Gasteiger partial charge in [-0.2, -0.15) is 0 Å². The molecule has 10 nitrogen and oxygen atoms in total. The Hall–Kier alpha value is -2.95. The van der Waals surface area contributed by atoms with E-state index in [4.69, 9.17) is 18.9 Å². The molecular weight excluding hydrogens is 458 g/mol. The van der Waals surface area contributed by atoms with Gasteiger partial charge in [0.15, 0.2) is 0 Å². The second-order valence-electron chi connectivity index (χ2n) is 9.78. The summed E-state index contributed by atoms with van der Waals surface area (Å²) in [5.74, 6) is -1.69. The number of rotatable bonds is 5. The van der Waals surface area contributed by atoms with Crippen molar-refractivity contribution in [1.82, 2.24) is 4.98 Å². The maximum absolute atomic E-state index is 12.0. The molecule has 2 aliphatic heterocycles. The molecule has 1 aromatic heterocycles. The van der Waals surface area contributed by atoms with Crippen LogP contribution >= 0.6 is 0 Å². The molecule has 1 aromatic rings. The molecule has 3 N–H and O–H groups in total. The quantitative estimate of drug-likeness (QED) is 0.520. The number of hydrogen-bond acceptors (Lipinski definition) is 10. The summed E-state index contributed by atoms with van der Waals surface area (Å²) in [7, 11) is 0. The van der Waals surface area contributed by atoms with Crippen LogP contribution in [0, 0.1) is 11.8 Å². The van der Waals surface area contributed by atoms with Gasteiger partial charge >= 0.3 is 11.9 Å². The molecule has 10 heteroatoms. The highest BCUT2D eigenvalue weighted by atomic mass is 16.6. The Bertz CT molecular complexity index is 1050. The molecule has 35 heavy (non-hydrogen) atoms. The Balaban J connectivity index is 1.71. The number of allylic oxidation sites excluding steroid dienone is 1. The number of esters is 2. The number of hydrogen-bond donors (Lipinski definition) is 3. The molecule has 7 atom stereocenters. The minimum absolute atomic E-state index is 0.155. The van der Waals surface area contributed by atoms with Gasteiger partial charge in [-0.1, -0.05) is 0 Å². The van der Waals surface area contributed by atoms with Crippen LogP contribution in [-0.2, 0) is 28.5 Å². The van der Waals surface area contributed by atoms with Gasteiger partial charge in [0.05, 0.1) is 17.3 Å². The average molecular weight is 490 g/mol. The van der Waals surface area contributed by atoms with E-state index in [0.29, 0.717) is 11.3 Å². The Morgan fingerprint density at radius 3 is 2.63 bits per heavy atom. The second kappa shape index (κ2) is 9.25. The number of ether oxygens (including phenoxy) is 4. The van der Waals surface area contributed by atoms with Crippen molar-refractivity contribution in [2.24, 2.45) is 11.8 Å². The fourth-order valence-electron chi connectivity index (χ4n) is 5.23. The van der Waals surface area contributed by atoms with E-state index < -0.39 is 53.5 Å². The fraction of sp³-hybridized carbons (Fsp3) is 0.560. The number of aliphatic hydroxyl groups is 3. The molecule has 1 aliphatic carbocycles. The molecule has 0 radical (unpaired) electrons. The molecular formula is C25H31NO9. The summed E-state index contributed by atoms with van der Waals surface area (Å²) in [4.78, 5) is 27.4. The standard InChI is InChI=1S/C25H31NO9/c1-13(27)32-12-24(3,31)16-8-17-22(29)21-19(35-25(17,4)20(9-16)33-14(2)28)10-18(34-23(21)30)15-6-5-7-26-11-15/h5-7,10-11,16-17,20,22-23,29-31H,8-9,12H2,1-4H3/t16-,17-,20-,22-,23?,24?,25-/m1/s1. The van der Waals surface area contributed by atoms with Crippen LogP contribution in [0.2, 0.25) is 0 Å². The summed E-state index contributed by atoms with van der Waals surface area (Å²) in [5, 5.41) is 33.3. The molecule has 1 saturated carbocycles. The molecule has 190 valence electrons. The van der Waals surface area contributed by atoms with Crippen molar-refractivity contribution >= 4 is 17.7 Å². The number of carbonyl (C=O) groups excluding carboxylic acids is 2. The van der Waals surface area contributed by atoms with Crippen molar-refractivity contribution in [2.75, 3.05) is 6.61 Å². The van der Waals surface area contributed by atoms with Crippen molar-refractivity contribution in [3.63, 3.8) is 0 Å². The second-order valence-corrected chi connectivity index (χ2v) is 9.78. The normalized spacial score (nSPS) is 33.7. The first-order valence-electron chi connectivity index (χ1n) is 11.5. The monoisotopic (exact) mass is 489 g/mol. The molecule has 0 spiro atoms. The van der Waals surface area contributed by atoms with Crippen LogP contribution in [-0.4, -0.2) is 68.5 Å². The summed E-state index contributed by atoms with van der Waals surface area (Å²) >= 11 is 0. The van der Waals surface area contributed by atoms with Crippen molar-refractivity contribution in [1.29, 1.82) is 0 Å². The van der Waals surface area contributed by atoms with Gasteiger partial charge in [0.1, 0.15) is 29.8 Å². The number of carbonyl (C=O) groups is 2. The molecule has 2 unspecified atom stereocenters. The smallest absolute Gasteiger partial charge is 0.303 e. The van der Waals surface area contributed by atoms with Crippen LogP contribution in [0.4, 0.5) is 0 Å². The zero-order valence-corrected chi connectivity index (χ0v) is 20.1. The van der Waals surface area contributed by atoms with E-state index in [0.717, 1.165) is 0 Å². The van der Waals surface area contributed by atoms with Crippen molar-refractivity contribution in [3.05, 3.63) is 47.5 Å². The van der Waals surface area contributed by atoms with E-state index in [-0.39, 0.29) is 30.8 Å². The average Bonchev–Trinajstić information content (AvgIpc) is 2.78. The Kier molecular flexibility index (Phi) is 6.65. The lowest BCUT2D eigenvalue weighted by atomic mass is 9.62. The third-order valence-electron chi connectivity index (χ3n) is 7.20. The van der Waals surface area contributed by atoms with Crippen molar-refractivity contribution < 1.29 is 43.9 Å². The SMILES string of the molecule is CC(=O)OCC(C)(O)[C@@H]1C[C@@H]2[C@@H](O)C3=C(C=C(c4cccnc4)OC3O)O[C@@]2(C)[C@H](OC(C)=O)C1. The van der Waals surface area contributed by atoms with Crippen LogP contribution in [0.3, 0.4) is 0 Å². The third kappa shape index (κ3) is 4.78. The van der Waals surface area contributed by atoms with Gasteiger partial charge in [-0.15, -0.1) is 0 Å². The maximum atomic E-state index is 12.0. The first-order valence-corrected chi connectivity index (χ1v) is 11.5. The summed E-state index contributed by atoms with van der Waals surface area (Å²) in [6.07, 6.45) is 1.73. The van der Waals surface area contributed by atoms with E-state index in [9.17, 15) is 24.9 Å². The summed E-state index contributed by atoms with van der Waals surface area (Å²) < 4.78 is 22.7. The molecule has 3 heterocycles. The van der Waals surface area contributed by atoms with E-state index >= 15 is 0 Å². The van der Waals surface area contributed by atoms with E-state index in [1.807, 2.05) is 0 Å². The van der Waals surface area contributed by atoms with E-state index in [2.05, 4.69) is 4.98 Å². The molecule has 1 fully saturated rings. The highest BCUT2D eigenvalue weighted by molar-refractivity contribution is 5.67. The number of nitrogens with zero attached hydrogens (tertiary/aromatic N) is 1. The lowest BCUT2D eigenvalue weighted by molar-refractivity contribution is -0.223. The number of aliphatic hydroxyl groups excluding tert-OH is 2. The number of aromatic nitrogens is 1. The first-order chi connectivity index (χ1) is 16.4. The minimum atomic E-state index is -1.47. The zero-order chi connectivity index (χ0) is 25.5. The predicted octanol–water partition coefficient (Wildman–Crippen LogP) is 1.45. The maximum Gasteiger partial charge on any atom is 0.303 e. The van der Waals surface area contributed by atoms with Gasteiger partial charge in [-0.3, -0.25) is 14.6 Å². The van der Waals surface area contributed by atoms with Gasteiger partial charge in [0, 0.05) is 43.8 Å². The highest BCUT2D eigenvalue weighted by Gasteiger charge is 2.60. The third-order valence-corrected chi connectivity index (χ3v) is 7.20. The molecule has 0 aromatic carbocycles. The Morgan fingerprint density at radius 1 is 1.26 bits per heavy atom. The van der Waals surface area contributed by atoms with Gasteiger partial charge in [0.2, 0.25) is 6.29 Å². The molecule has 0 amide bonds. The molecule has 0 bridgehead atoms. The van der Waals surface area contributed by atoms with E-state index in [1.54, 1.807) is 37.5 Å². The molecule has 3 aliphatic rings. The number of fused-ring (bicyclic) bond motifs is 1. The lowest BCUT2D eigenvalue weighted by Crippen LogP contribution is -2.63. The van der Waals surface area contributed by atoms with Crippen LogP contribution in [0.25, 0.3) is 5.76 Å². The van der Waals surface area contributed by atoms with Crippen LogP contribution in [0.5, 0.6) is 0 Å². The van der Waals surface area contributed by atoms with Gasteiger partial charge < -0.3 is 34.3 Å². The Labute approximate surface area is 203 Å². The minimum Gasteiger partial charge on any atom is -0.483 e. The van der Waals surface area contributed by atoms with Crippen LogP contribution < -0.4 is 0 Å². The summed E-state index contributed by atoms with van der Waals surface area (Å²) in [6, 6.07) is 3.49. The van der Waals surface area contributed by atoms with Crippen LogP contribution in [0.1, 0.15) is 46.1 Å².